The zero-order valence-electron chi connectivity index (χ0n) is 18.8. The average molecular weight is 476 g/mol. The molecule has 3 aromatic rings. The Labute approximate surface area is 203 Å². The Morgan fingerprint density at radius 2 is 1.97 bits per heavy atom. The molecule has 168 valence electrons. The van der Waals surface area contributed by atoms with Crippen LogP contribution in [0.4, 0.5) is 0 Å². The van der Waals surface area contributed by atoms with E-state index in [-0.39, 0.29) is 12.0 Å². The van der Waals surface area contributed by atoms with Gasteiger partial charge in [0.15, 0.2) is 0 Å². The molecule has 0 aliphatic carbocycles. The molecule has 1 aromatic heterocycles. The van der Waals surface area contributed by atoms with Crippen molar-refractivity contribution in [2.75, 3.05) is 6.54 Å². The summed E-state index contributed by atoms with van der Waals surface area (Å²) in [7, 11) is 0. The van der Waals surface area contributed by atoms with Crippen molar-refractivity contribution in [1.82, 2.24) is 14.7 Å². The lowest BCUT2D eigenvalue weighted by Crippen LogP contribution is -2.27. The van der Waals surface area contributed by atoms with Gasteiger partial charge in [-0.1, -0.05) is 48.3 Å². The summed E-state index contributed by atoms with van der Waals surface area (Å²) in [6, 6.07) is 15.9. The molecule has 0 atom stereocenters. The van der Waals surface area contributed by atoms with Crippen molar-refractivity contribution in [3.63, 3.8) is 0 Å². The third-order valence-corrected chi connectivity index (χ3v) is 6.42. The van der Waals surface area contributed by atoms with Crippen molar-refractivity contribution < 1.29 is 9.53 Å². The fourth-order valence-electron chi connectivity index (χ4n) is 3.54. The number of carbonyl (C=O) groups is 1. The van der Waals surface area contributed by atoms with Crippen LogP contribution in [-0.4, -0.2) is 37.6 Å². The van der Waals surface area contributed by atoms with Gasteiger partial charge in [0.05, 0.1) is 16.7 Å². The molecule has 0 saturated carbocycles. The van der Waals surface area contributed by atoms with Crippen molar-refractivity contribution in [3.05, 3.63) is 83.4 Å². The molecular weight excluding hydrogens is 450 g/mol. The lowest BCUT2D eigenvalue weighted by Gasteiger charge is -2.13. The van der Waals surface area contributed by atoms with Gasteiger partial charge >= 0.3 is 0 Å². The molecule has 2 heterocycles. The van der Waals surface area contributed by atoms with Crippen LogP contribution in [-0.2, 0) is 4.79 Å². The van der Waals surface area contributed by atoms with Gasteiger partial charge < -0.3 is 4.74 Å². The van der Waals surface area contributed by atoms with Crippen LogP contribution in [0.15, 0.2) is 72.3 Å². The first kappa shape index (κ1) is 23.0. The van der Waals surface area contributed by atoms with Gasteiger partial charge in [0.25, 0.3) is 5.91 Å². The molecule has 5 nitrogen and oxygen atoms in total. The minimum absolute atomic E-state index is 0.0971. The quantitative estimate of drug-likeness (QED) is 0.237. The number of rotatable bonds is 7. The van der Waals surface area contributed by atoms with Crippen molar-refractivity contribution in [1.29, 1.82) is 0 Å². The second kappa shape index (κ2) is 9.77. The van der Waals surface area contributed by atoms with E-state index in [2.05, 4.69) is 12.6 Å². The predicted molar refractivity (Wildman–Crippen MR) is 140 cm³/mol. The minimum atomic E-state index is -0.111. The highest BCUT2D eigenvalue weighted by Gasteiger charge is 2.31. The lowest BCUT2D eigenvalue weighted by molar-refractivity contribution is -0.121. The Kier molecular flexibility index (Phi) is 6.81. The van der Waals surface area contributed by atoms with Gasteiger partial charge in [0, 0.05) is 23.9 Å². The fraction of sp³-hybridized carbons (Fsp3) is 0.192. The molecule has 0 unspecified atom stereocenters. The number of hydrogen-bond acceptors (Lipinski definition) is 5. The van der Waals surface area contributed by atoms with E-state index in [0.717, 1.165) is 33.8 Å². The molecule has 4 rings (SSSR count). The number of carbonyl (C=O) groups excluding carboxylic acids is 1. The van der Waals surface area contributed by atoms with Gasteiger partial charge in [-0.3, -0.25) is 9.69 Å². The number of thiocarbonyl (C=S) groups is 1. The molecule has 7 heteroatoms. The van der Waals surface area contributed by atoms with Gasteiger partial charge in [-0.25, -0.2) is 4.68 Å². The summed E-state index contributed by atoms with van der Waals surface area (Å²) >= 11 is 6.70. The fourth-order valence-corrected chi connectivity index (χ4v) is 4.81. The Bertz CT molecular complexity index is 1250. The standard InChI is InChI=1S/C26H25N3O2S2/c1-5-13-28-25(30)23(33-26(28)32)15-20-16-29(21-9-7-6-8-10-21)27-24(20)19-11-12-22(18(4)14-19)31-17(2)3/h5-12,14-17H,1,13H2,2-4H3/b23-15+. The van der Waals surface area contributed by atoms with Crippen LogP contribution in [0.2, 0.25) is 0 Å². The smallest absolute Gasteiger partial charge is 0.266 e. The molecule has 1 amide bonds. The number of benzene rings is 2. The monoisotopic (exact) mass is 475 g/mol. The SMILES string of the molecule is C=CCN1C(=O)/C(=C\c2cn(-c3ccccc3)nc2-c2ccc(OC(C)C)c(C)c2)SC1=S. The third-order valence-electron chi connectivity index (χ3n) is 5.05. The average Bonchev–Trinajstić information content (AvgIpc) is 3.32. The Morgan fingerprint density at radius 1 is 1.21 bits per heavy atom. The van der Waals surface area contributed by atoms with Gasteiger partial charge in [0.2, 0.25) is 0 Å². The number of aromatic nitrogens is 2. The first-order chi connectivity index (χ1) is 15.9. The van der Waals surface area contributed by atoms with Crippen molar-refractivity contribution in [2.45, 2.75) is 26.9 Å². The molecule has 1 saturated heterocycles. The highest BCUT2D eigenvalue weighted by atomic mass is 32.2. The van der Waals surface area contributed by atoms with Gasteiger partial charge in [-0.2, -0.15) is 5.10 Å². The van der Waals surface area contributed by atoms with E-state index in [0.29, 0.717) is 15.8 Å². The minimum Gasteiger partial charge on any atom is -0.491 e. The number of ether oxygens (including phenoxy) is 1. The molecule has 2 aromatic carbocycles. The maximum Gasteiger partial charge on any atom is 0.266 e. The second-order valence-electron chi connectivity index (χ2n) is 7.94. The molecule has 0 spiro atoms. The third kappa shape index (κ3) is 4.94. The molecular formula is C26H25N3O2S2. The van der Waals surface area contributed by atoms with E-state index in [4.69, 9.17) is 22.1 Å². The Morgan fingerprint density at radius 3 is 2.64 bits per heavy atom. The number of para-hydroxylation sites is 1. The van der Waals surface area contributed by atoms with Crippen LogP contribution in [0, 0.1) is 6.92 Å². The maximum absolute atomic E-state index is 12.9. The van der Waals surface area contributed by atoms with Crippen LogP contribution in [0.25, 0.3) is 23.0 Å². The number of nitrogens with zero attached hydrogens (tertiary/aromatic N) is 3. The molecule has 0 radical (unpaired) electrons. The predicted octanol–water partition coefficient (Wildman–Crippen LogP) is 6.02. The highest BCUT2D eigenvalue weighted by Crippen LogP contribution is 2.35. The van der Waals surface area contributed by atoms with Gasteiger partial charge in [0.1, 0.15) is 15.8 Å². The molecule has 1 aliphatic heterocycles. The second-order valence-corrected chi connectivity index (χ2v) is 9.62. The molecule has 33 heavy (non-hydrogen) atoms. The van der Waals surface area contributed by atoms with E-state index in [1.54, 1.807) is 11.0 Å². The van der Waals surface area contributed by atoms with Gasteiger partial charge in [-0.15, -0.1) is 6.58 Å². The molecule has 1 aliphatic rings. The number of aryl methyl sites for hydroxylation is 1. The van der Waals surface area contributed by atoms with Crippen molar-refractivity contribution >= 4 is 40.3 Å². The van der Waals surface area contributed by atoms with E-state index >= 15 is 0 Å². The van der Waals surface area contributed by atoms with Crippen LogP contribution in [0.5, 0.6) is 5.75 Å². The largest absolute Gasteiger partial charge is 0.491 e. The first-order valence-electron chi connectivity index (χ1n) is 10.7. The summed E-state index contributed by atoms with van der Waals surface area (Å²) in [5.74, 6) is 0.739. The van der Waals surface area contributed by atoms with E-state index in [1.807, 2.05) is 80.2 Å². The van der Waals surface area contributed by atoms with Crippen molar-refractivity contribution in [3.8, 4) is 22.7 Å². The molecule has 0 bridgehead atoms. The highest BCUT2D eigenvalue weighted by molar-refractivity contribution is 8.26. The van der Waals surface area contributed by atoms with Crippen LogP contribution in [0.3, 0.4) is 0 Å². The molecule has 1 fully saturated rings. The Hall–Kier alpha value is -3.16. The lowest BCUT2D eigenvalue weighted by atomic mass is 10.0. The van der Waals surface area contributed by atoms with E-state index in [1.165, 1.54) is 11.8 Å². The summed E-state index contributed by atoms with van der Waals surface area (Å²) in [5, 5.41) is 4.87. The maximum atomic E-state index is 12.9. The summed E-state index contributed by atoms with van der Waals surface area (Å²) in [4.78, 5) is 15.0. The van der Waals surface area contributed by atoms with Crippen LogP contribution in [0.1, 0.15) is 25.0 Å². The van der Waals surface area contributed by atoms with E-state index in [9.17, 15) is 4.79 Å². The van der Waals surface area contributed by atoms with Crippen LogP contribution >= 0.6 is 24.0 Å². The van der Waals surface area contributed by atoms with Crippen molar-refractivity contribution in [2.24, 2.45) is 0 Å². The van der Waals surface area contributed by atoms with E-state index < -0.39 is 0 Å². The Balaban J connectivity index is 1.79. The first-order valence-corrected chi connectivity index (χ1v) is 11.9. The molecule has 0 N–H and O–H groups in total. The summed E-state index contributed by atoms with van der Waals surface area (Å²) in [5.41, 5.74) is 4.54. The summed E-state index contributed by atoms with van der Waals surface area (Å²) in [6.07, 6.45) is 5.59. The zero-order valence-corrected chi connectivity index (χ0v) is 20.5. The normalized spacial score (nSPS) is 15.0. The summed E-state index contributed by atoms with van der Waals surface area (Å²) < 4.78 is 8.26. The number of amides is 1. The summed E-state index contributed by atoms with van der Waals surface area (Å²) in [6.45, 7) is 10.2. The zero-order chi connectivity index (χ0) is 23.5. The number of thioether (sulfide) groups is 1. The van der Waals surface area contributed by atoms with Crippen LogP contribution < -0.4 is 4.74 Å². The van der Waals surface area contributed by atoms with Gasteiger partial charge in [-0.05, 0) is 62.7 Å². The number of hydrogen-bond donors (Lipinski definition) is 0. The topological polar surface area (TPSA) is 47.4 Å².